The van der Waals surface area contributed by atoms with E-state index in [4.69, 9.17) is 0 Å². The third-order valence-corrected chi connectivity index (χ3v) is 10.2. The van der Waals surface area contributed by atoms with Gasteiger partial charge in [-0.15, -0.1) is 0 Å². The standard InChI is InChI=1S/C44H82O4/c1-3-5-7-9-11-13-15-17-19-20-21-22-23-24-25-26-28-30-32-34-36-38-40-42(44(47)48)41(43(45)46)39-37-35-33-31-29-27-18-16-14-12-10-8-6-4-2/h12,14,18,27,41-42H,3-11,13,15-17,19-26,28-40H2,1-2H3,(H,45,46)(H,47,48)/b14-12-,27-18-. The van der Waals surface area contributed by atoms with E-state index in [0.29, 0.717) is 12.8 Å². The van der Waals surface area contributed by atoms with Gasteiger partial charge in [-0.1, -0.05) is 212 Å². The summed E-state index contributed by atoms with van der Waals surface area (Å²) < 4.78 is 0. The minimum atomic E-state index is -0.938. The van der Waals surface area contributed by atoms with E-state index in [0.717, 1.165) is 57.8 Å². The van der Waals surface area contributed by atoms with Gasteiger partial charge in [-0.2, -0.15) is 0 Å². The topological polar surface area (TPSA) is 74.6 Å². The van der Waals surface area contributed by atoms with Crippen LogP contribution in [0.25, 0.3) is 0 Å². The number of unbranched alkanes of at least 4 members (excludes halogenated alkanes) is 28. The molecule has 0 fully saturated rings. The molecule has 48 heavy (non-hydrogen) atoms. The average Bonchev–Trinajstić information content (AvgIpc) is 3.07. The number of allylic oxidation sites excluding steroid dienone is 4. The number of carboxylic acids is 2. The highest BCUT2D eigenvalue weighted by atomic mass is 16.4. The van der Waals surface area contributed by atoms with Crippen LogP contribution >= 0.6 is 0 Å². The Morgan fingerprint density at radius 2 is 0.625 bits per heavy atom. The maximum Gasteiger partial charge on any atom is 0.307 e. The van der Waals surface area contributed by atoms with Gasteiger partial charge in [0.1, 0.15) is 0 Å². The molecule has 2 N–H and O–H groups in total. The van der Waals surface area contributed by atoms with Crippen molar-refractivity contribution in [2.24, 2.45) is 11.8 Å². The van der Waals surface area contributed by atoms with E-state index in [9.17, 15) is 19.8 Å². The highest BCUT2D eigenvalue weighted by Gasteiger charge is 2.32. The molecule has 0 radical (unpaired) electrons. The molecule has 2 atom stereocenters. The summed E-state index contributed by atoms with van der Waals surface area (Å²) in [5, 5.41) is 19.6. The molecular weight excluding hydrogens is 592 g/mol. The van der Waals surface area contributed by atoms with Crippen molar-refractivity contribution >= 4 is 11.9 Å². The molecule has 4 nitrogen and oxygen atoms in total. The lowest BCUT2D eigenvalue weighted by atomic mass is 9.84. The van der Waals surface area contributed by atoms with Crippen LogP contribution in [0, 0.1) is 11.8 Å². The second-order valence-electron chi connectivity index (χ2n) is 14.8. The number of hydrogen-bond acceptors (Lipinski definition) is 2. The monoisotopic (exact) mass is 675 g/mol. The Kier molecular flexibility index (Phi) is 37.0. The quantitative estimate of drug-likeness (QED) is 0.0502. The van der Waals surface area contributed by atoms with Crippen molar-refractivity contribution < 1.29 is 19.8 Å². The Hall–Kier alpha value is -1.58. The molecule has 0 aromatic rings. The molecular formula is C44H82O4. The lowest BCUT2D eigenvalue weighted by Crippen LogP contribution is -2.30. The number of hydrogen-bond donors (Lipinski definition) is 2. The Morgan fingerprint density at radius 3 is 0.938 bits per heavy atom. The van der Waals surface area contributed by atoms with E-state index in [1.165, 1.54) is 148 Å². The van der Waals surface area contributed by atoms with Crippen LogP contribution in [0.5, 0.6) is 0 Å². The van der Waals surface area contributed by atoms with Crippen molar-refractivity contribution in [3.05, 3.63) is 24.3 Å². The second-order valence-corrected chi connectivity index (χ2v) is 14.8. The number of rotatable bonds is 39. The Labute approximate surface area is 299 Å². The van der Waals surface area contributed by atoms with Crippen LogP contribution in [-0.4, -0.2) is 22.2 Å². The number of carboxylic acid groups (broad SMARTS) is 2. The Morgan fingerprint density at radius 1 is 0.375 bits per heavy atom. The van der Waals surface area contributed by atoms with Crippen molar-refractivity contribution in [3.8, 4) is 0 Å². The molecule has 0 aromatic carbocycles. The predicted molar refractivity (Wildman–Crippen MR) is 209 cm³/mol. The molecule has 0 aliphatic carbocycles. The lowest BCUT2D eigenvalue weighted by Gasteiger charge is -2.20. The van der Waals surface area contributed by atoms with Crippen LogP contribution < -0.4 is 0 Å². The molecule has 0 heterocycles. The van der Waals surface area contributed by atoms with E-state index in [1.807, 2.05) is 0 Å². The van der Waals surface area contributed by atoms with Crippen molar-refractivity contribution in [1.29, 1.82) is 0 Å². The molecule has 0 amide bonds. The van der Waals surface area contributed by atoms with E-state index in [1.54, 1.807) is 0 Å². The van der Waals surface area contributed by atoms with Gasteiger partial charge in [-0.25, -0.2) is 0 Å². The Bertz CT molecular complexity index is 742. The molecule has 2 unspecified atom stereocenters. The van der Waals surface area contributed by atoms with Gasteiger partial charge >= 0.3 is 11.9 Å². The van der Waals surface area contributed by atoms with Crippen LogP contribution in [-0.2, 0) is 9.59 Å². The van der Waals surface area contributed by atoms with Crippen LogP contribution in [0.4, 0.5) is 0 Å². The van der Waals surface area contributed by atoms with E-state index >= 15 is 0 Å². The third-order valence-electron chi connectivity index (χ3n) is 10.2. The minimum Gasteiger partial charge on any atom is -0.481 e. The minimum absolute atomic E-state index is 0.476. The molecule has 0 aromatic heterocycles. The summed E-state index contributed by atoms with van der Waals surface area (Å²) in [6, 6.07) is 0. The van der Waals surface area contributed by atoms with Gasteiger partial charge in [0.15, 0.2) is 0 Å². The zero-order valence-electron chi connectivity index (χ0n) is 32.2. The van der Waals surface area contributed by atoms with E-state index < -0.39 is 23.8 Å². The third kappa shape index (κ3) is 32.9. The van der Waals surface area contributed by atoms with Crippen molar-refractivity contribution in [1.82, 2.24) is 0 Å². The fraction of sp³-hybridized carbons (Fsp3) is 0.864. The van der Waals surface area contributed by atoms with Gasteiger partial charge in [0.25, 0.3) is 0 Å². The zero-order chi connectivity index (χ0) is 35.2. The molecule has 0 aliphatic rings. The summed E-state index contributed by atoms with van der Waals surface area (Å²) in [6.45, 7) is 4.52. The normalized spacial score (nSPS) is 13.1. The number of carbonyl (C=O) groups is 2. The Balaban J connectivity index is 3.73. The fourth-order valence-electron chi connectivity index (χ4n) is 6.97. The highest BCUT2D eigenvalue weighted by molar-refractivity contribution is 5.79. The molecule has 0 rings (SSSR count). The van der Waals surface area contributed by atoms with Gasteiger partial charge in [0.05, 0.1) is 11.8 Å². The maximum atomic E-state index is 12.0. The first-order chi connectivity index (χ1) is 23.5. The molecule has 0 saturated carbocycles. The first kappa shape index (κ1) is 46.4. The van der Waals surface area contributed by atoms with Crippen molar-refractivity contribution in [2.45, 2.75) is 232 Å². The van der Waals surface area contributed by atoms with Crippen molar-refractivity contribution in [3.63, 3.8) is 0 Å². The SMILES string of the molecule is CCCCC/C=C\C/C=C\CCCCCCC(C(=O)O)C(CCCCCCCCCCCCCCCCCCCCCCCC)C(=O)O. The maximum absolute atomic E-state index is 12.0. The molecule has 0 spiro atoms. The summed E-state index contributed by atoms with van der Waals surface area (Å²) in [4.78, 5) is 23.9. The average molecular weight is 675 g/mol. The van der Waals surface area contributed by atoms with Crippen LogP contribution in [0.2, 0.25) is 0 Å². The van der Waals surface area contributed by atoms with E-state index in [-0.39, 0.29) is 0 Å². The summed E-state index contributed by atoms with van der Waals surface area (Å²) in [5.41, 5.74) is 0. The molecule has 4 heteroatoms. The first-order valence-corrected chi connectivity index (χ1v) is 21.3. The number of aliphatic carboxylic acids is 2. The lowest BCUT2D eigenvalue weighted by molar-refractivity contribution is -0.154. The van der Waals surface area contributed by atoms with Crippen molar-refractivity contribution in [2.75, 3.05) is 0 Å². The van der Waals surface area contributed by atoms with Crippen LogP contribution in [0.15, 0.2) is 24.3 Å². The zero-order valence-corrected chi connectivity index (χ0v) is 32.2. The smallest absolute Gasteiger partial charge is 0.307 e. The van der Waals surface area contributed by atoms with E-state index in [2.05, 4.69) is 38.2 Å². The first-order valence-electron chi connectivity index (χ1n) is 21.3. The summed E-state index contributed by atoms with van der Waals surface area (Å²) in [7, 11) is 0. The highest BCUT2D eigenvalue weighted by Crippen LogP contribution is 2.26. The molecule has 0 bridgehead atoms. The largest absolute Gasteiger partial charge is 0.481 e. The summed E-state index contributed by atoms with van der Waals surface area (Å²) in [6.07, 6.45) is 50.4. The fourth-order valence-corrected chi connectivity index (χ4v) is 6.97. The molecule has 0 saturated heterocycles. The predicted octanol–water partition coefficient (Wildman–Crippen LogP) is 14.8. The summed E-state index contributed by atoms with van der Waals surface area (Å²) >= 11 is 0. The van der Waals surface area contributed by atoms with Crippen LogP contribution in [0.1, 0.15) is 232 Å². The van der Waals surface area contributed by atoms with Gasteiger partial charge in [-0.3, -0.25) is 9.59 Å². The van der Waals surface area contributed by atoms with Crippen LogP contribution in [0.3, 0.4) is 0 Å². The van der Waals surface area contributed by atoms with Gasteiger partial charge in [0, 0.05) is 0 Å². The van der Waals surface area contributed by atoms with Gasteiger partial charge < -0.3 is 10.2 Å². The molecule has 282 valence electrons. The summed E-state index contributed by atoms with van der Waals surface area (Å²) in [5.74, 6) is -3.39. The molecule has 0 aliphatic heterocycles. The van der Waals surface area contributed by atoms with Gasteiger partial charge in [0.2, 0.25) is 0 Å². The van der Waals surface area contributed by atoms with Gasteiger partial charge in [-0.05, 0) is 44.9 Å². The second kappa shape index (κ2) is 38.2.